The van der Waals surface area contributed by atoms with Crippen molar-refractivity contribution >= 4 is 27.5 Å². The van der Waals surface area contributed by atoms with Gasteiger partial charge in [0.1, 0.15) is 12.6 Å². The van der Waals surface area contributed by atoms with Crippen molar-refractivity contribution in [3.63, 3.8) is 0 Å². The predicted octanol–water partition coefficient (Wildman–Crippen LogP) is 5.53. The van der Waals surface area contributed by atoms with Gasteiger partial charge in [-0.2, -0.15) is 0 Å². The summed E-state index contributed by atoms with van der Waals surface area (Å²) >= 11 is 0. The van der Waals surface area contributed by atoms with E-state index in [1.807, 2.05) is 71.0 Å². The lowest BCUT2D eigenvalue weighted by Crippen LogP contribution is -2.52. The molecule has 0 bridgehead atoms. The first-order chi connectivity index (χ1) is 19.1. The molecule has 3 aromatic rings. The van der Waals surface area contributed by atoms with Gasteiger partial charge >= 0.3 is 0 Å². The first-order valence-corrected chi connectivity index (χ1v) is 15.3. The van der Waals surface area contributed by atoms with Gasteiger partial charge in [0.2, 0.25) is 11.8 Å². The fourth-order valence-corrected chi connectivity index (χ4v) is 6.21. The van der Waals surface area contributed by atoms with Crippen LogP contribution in [0.2, 0.25) is 0 Å². The number of unbranched alkanes of at least 4 members (excludes halogenated alkanes) is 1. The first kappa shape index (κ1) is 30.9. The minimum absolute atomic E-state index is 0.0950. The maximum absolute atomic E-state index is 14.2. The standard InChI is InChI=1S/C32H41N3O4S/c1-6-8-20-33-32(37)29(7-2)34(22-27-15-13-12-14-25(27)4)31(36)23-35(30-19-18-24(3)21-26(30)5)40(38,39)28-16-10-9-11-17-28/h9-19,21,29H,6-8,20,22-23H2,1-5H3,(H,33,37)/t29-/m1/s1. The van der Waals surface area contributed by atoms with Gasteiger partial charge in [0, 0.05) is 13.1 Å². The van der Waals surface area contributed by atoms with E-state index in [1.165, 1.54) is 21.3 Å². The highest BCUT2D eigenvalue weighted by molar-refractivity contribution is 7.92. The number of carbonyl (C=O) groups is 2. The zero-order valence-electron chi connectivity index (χ0n) is 24.2. The second kappa shape index (κ2) is 14.1. The summed E-state index contributed by atoms with van der Waals surface area (Å²) in [6.45, 7) is 9.92. The fourth-order valence-electron chi connectivity index (χ4n) is 4.71. The molecule has 7 nitrogen and oxygen atoms in total. The molecule has 40 heavy (non-hydrogen) atoms. The summed E-state index contributed by atoms with van der Waals surface area (Å²) in [6, 6.07) is 20.6. The lowest BCUT2D eigenvalue weighted by molar-refractivity contribution is -0.140. The summed E-state index contributed by atoms with van der Waals surface area (Å²) in [7, 11) is -4.08. The third-order valence-electron chi connectivity index (χ3n) is 7.05. The Hall–Kier alpha value is -3.65. The molecule has 0 fully saturated rings. The number of aryl methyl sites for hydroxylation is 3. The highest BCUT2D eigenvalue weighted by Gasteiger charge is 2.34. The van der Waals surface area contributed by atoms with Gasteiger partial charge < -0.3 is 10.2 Å². The van der Waals surface area contributed by atoms with Crippen molar-refractivity contribution in [3.05, 3.63) is 95.1 Å². The molecule has 0 saturated carbocycles. The van der Waals surface area contributed by atoms with Gasteiger partial charge in [-0.15, -0.1) is 0 Å². The van der Waals surface area contributed by atoms with E-state index in [9.17, 15) is 18.0 Å². The Kier molecular flexibility index (Phi) is 10.9. The number of hydrogen-bond acceptors (Lipinski definition) is 4. The molecular weight excluding hydrogens is 522 g/mol. The van der Waals surface area contributed by atoms with Crippen LogP contribution in [0.1, 0.15) is 55.4 Å². The largest absolute Gasteiger partial charge is 0.354 e. The molecule has 1 N–H and O–H groups in total. The van der Waals surface area contributed by atoms with Gasteiger partial charge in [0.15, 0.2) is 0 Å². The van der Waals surface area contributed by atoms with Gasteiger partial charge in [-0.05, 0) is 68.5 Å². The number of hydrogen-bond donors (Lipinski definition) is 1. The van der Waals surface area contributed by atoms with E-state index in [1.54, 1.807) is 24.3 Å². The molecule has 0 saturated heterocycles. The monoisotopic (exact) mass is 563 g/mol. The Morgan fingerprint density at radius 1 is 0.875 bits per heavy atom. The van der Waals surface area contributed by atoms with E-state index in [0.29, 0.717) is 18.7 Å². The summed E-state index contributed by atoms with van der Waals surface area (Å²) < 4.78 is 29.1. The minimum Gasteiger partial charge on any atom is -0.354 e. The molecule has 8 heteroatoms. The number of amides is 2. The predicted molar refractivity (Wildman–Crippen MR) is 161 cm³/mol. The summed E-state index contributed by atoms with van der Waals surface area (Å²) in [5, 5.41) is 2.96. The average Bonchev–Trinajstić information content (AvgIpc) is 2.93. The highest BCUT2D eigenvalue weighted by Crippen LogP contribution is 2.28. The van der Waals surface area contributed by atoms with Gasteiger partial charge in [0.25, 0.3) is 10.0 Å². The van der Waals surface area contributed by atoms with Crippen LogP contribution >= 0.6 is 0 Å². The SMILES string of the molecule is CCCCNC(=O)[C@@H](CC)N(Cc1ccccc1C)C(=O)CN(c1ccc(C)cc1C)S(=O)(=O)c1ccccc1. The summed E-state index contributed by atoms with van der Waals surface area (Å²) in [5.41, 5.74) is 4.05. The average molecular weight is 564 g/mol. The lowest BCUT2D eigenvalue weighted by atomic mass is 10.1. The molecular formula is C32H41N3O4S. The number of rotatable bonds is 13. The van der Waals surface area contributed by atoms with Crippen LogP contribution in [0.5, 0.6) is 0 Å². The van der Waals surface area contributed by atoms with Crippen molar-refractivity contribution in [2.24, 2.45) is 0 Å². The number of nitrogens with zero attached hydrogens (tertiary/aromatic N) is 2. The second-order valence-electron chi connectivity index (χ2n) is 10.1. The third kappa shape index (κ3) is 7.50. The van der Waals surface area contributed by atoms with E-state index < -0.39 is 28.5 Å². The van der Waals surface area contributed by atoms with Crippen molar-refractivity contribution in [1.82, 2.24) is 10.2 Å². The quantitative estimate of drug-likeness (QED) is 0.277. The first-order valence-electron chi connectivity index (χ1n) is 13.9. The number of benzene rings is 3. The van der Waals surface area contributed by atoms with Crippen molar-refractivity contribution < 1.29 is 18.0 Å². The molecule has 3 rings (SSSR count). The Balaban J connectivity index is 2.07. The van der Waals surface area contributed by atoms with Crippen molar-refractivity contribution in [3.8, 4) is 0 Å². The maximum Gasteiger partial charge on any atom is 0.264 e. The van der Waals surface area contributed by atoms with Crippen LogP contribution in [0.3, 0.4) is 0 Å². The van der Waals surface area contributed by atoms with E-state index in [-0.39, 0.29) is 17.3 Å². The molecule has 0 spiro atoms. The number of carbonyl (C=O) groups excluding carboxylic acids is 2. The molecule has 0 aliphatic heterocycles. The smallest absolute Gasteiger partial charge is 0.264 e. The van der Waals surface area contributed by atoms with Gasteiger partial charge in [0.05, 0.1) is 10.6 Å². The van der Waals surface area contributed by atoms with E-state index in [0.717, 1.165) is 35.1 Å². The van der Waals surface area contributed by atoms with Crippen LogP contribution in [0.15, 0.2) is 77.7 Å². The summed E-state index contributed by atoms with van der Waals surface area (Å²) in [4.78, 5) is 29.1. The Labute approximate surface area is 239 Å². The molecule has 0 unspecified atom stereocenters. The zero-order valence-corrected chi connectivity index (χ0v) is 25.0. The van der Waals surface area contributed by atoms with E-state index in [2.05, 4.69) is 5.32 Å². The Bertz CT molecular complexity index is 1410. The van der Waals surface area contributed by atoms with Crippen molar-refractivity contribution in [2.75, 3.05) is 17.4 Å². The van der Waals surface area contributed by atoms with Crippen LogP contribution in [0.4, 0.5) is 5.69 Å². The molecule has 214 valence electrons. The molecule has 0 aliphatic rings. The molecule has 0 aromatic heterocycles. The minimum atomic E-state index is -4.08. The van der Waals surface area contributed by atoms with Gasteiger partial charge in [-0.1, -0.05) is 80.4 Å². The molecule has 3 aromatic carbocycles. The highest BCUT2D eigenvalue weighted by atomic mass is 32.2. The molecule has 0 radical (unpaired) electrons. The second-order valence-corrected chi connectivity index (χ2v) is 12.0. The van der Waals surface area contributed by atoms with E-state index >= 15 is 0 Å². The topological polar surface area (TPSA) is 86.8 Å². The molecule has 2 amide bonds. The zero-order chi connectivity index (χ0) is 29.3. The van der Waals surface area contributed by atoms with Crippen LogP contribution in [-0.2, 0) is 26.2 Å². The third-order valence-corrected chi connectivity index (χ3v) is 8.82. The number of anilines is 1. The lowest BCUT2D eigenvalue weighted by Gasteiger charge is -2.34. The number of sulfonamides is 1. The van der Waals surface area contributed by atoms with Gasteiger partial charge in [-0.3, -0.25) is 13.9 Å². The van der Waals surface area contributed by atoms with Crippen molar-refractivity contribution in [2.45, 2.75) is 71.4 Å². The van der Waals surface area contributed by atoms with Crippen LogP contribution < -0.4 is 9.62 Å². The Morgan fingerprint density at radius 3 is 2.17 bits per heavy atom. The maximum atomic E-state index is 14.2. The number of nitrogens with one attached hydrogen (secondary N) is 1. The Morgan fingerprint density at radius 2 is 1.55 bits per heavy atom. The fraction of sp³-hybridized carbons (Fsp3) is 0.375. The normalized spacial score (nSPS) is 12.0. The van der Waals surface area contributed by atoms with Gasteiger partial charge in [-0.25, -0.2) is 8.42 Å². The molecule has 0 heterocycles. The van der Waals surface area contributed by atoms with E-state index in [4.69, 9.17) is 0 Å². The van der Waals surface area contributed by atoms with Crippen LogP contribution in [0, 0.1) is 20.8 Å². The molecule has 0 aliphatic carbocycles. The summed E-state index contributed by atoms with van der Waals surface area (Å²) in [5.74, 6) is -0.679. The summed E-state index contributed by atoms with van der Waals surface area (Å²) in [6.07, 6.45) is 2.17. The molecule has 1 atom stereocenters. The van der Waals surface area contributed by atoms with Crippen molar-refractivity contribution in [1.29, 1.82) is 0 Å². The van der Waals surface area contributed by atoms with Crippen LogP contribution in [0.25, 0.3) is 0 Å². The van der Waals surface area contributed by atoms with Crippen LogP contribution in [-0.4, -0.2) is 44.3 Å².